The molecule has 21 heavy (non-hydrogen) atoms. The van der Waals surface area contributed by atoms with Crippen molar-refractivity contribution in [3.8, 4) is 11.8 Å². The maximum atomic E-state index is 13.4. The van der Waals surface area contributed by atoms with Gasteiger partial charge in [0.1, 0.15) is 5.82 Å². The minimum Gasteiger partial charge on any atom is -0.395 e. The molecule has 0 saturated heterocycles. The van der Waals surface area contributed by atoms with Crippen molar-refractivity contribution in [2.75, 3.05) is 13.7 Å². The minimum absolute atomic E-state index is 0.0480. The van der Waals surface area contributed by atoms with E-state index in [1.54, 1.807) is 11.9 Å². The number of aliphatic hydroxyl groups is 1. The summed E-state index contributed by atoms with van der Waals surface area (Å²) in [5, 5.41) is 8.76. The Morgan fingerprint density at radius 1 is 1.43 bits per heavy atom. The van der Waals surface area contributed by atoms with Gasteiger partial charge in [-0.2, -0.15) is 0 Å². The molecule has 1 aromatic rings. The third-order valence-electron chi connectivity index (χ3n) is 3.86. The molecule has 0 heterocycles. The van der Waals surface area contributed by atoms with Crippen LogP contribution in [0.1, 0.15) is 48.0 Å². The van der Waals surface area contributed by atoms with Crippen molar-refractivity contribution in [3.63, 3.8) is 0 Å². The van der Waals surface area contributed by atoms with E-state index < -0.39 is 5.82 Å². The van der Waals surface area contributed by atoms with Crippen LogP contribution < -0.4 is 0 Å². The summed E-state index contributed by atoms with van der Waals surface area (Å²) in [7, 11) is 1.80. The number of halogens is 1. The maximum absolute atomic E-state index is 13.4. The first-order valence-corrected chi connectivity index (χ1v) is 7.30. The monoisotopic (exact) mass is 289 g/mol. The molecule has 0 bridgehead atoms. The van der Waals surface area contributed by atoms with Crippen LogP contribution in [0.4, 0.5) is 4.39 Å². The highest BCUT2D eigenvalue weighted by atomic mass is 19.1. The fourth-order valence-electron chi connectivity index (χ4n) is 2.67. The molecule has 3 nitrogen and oxygen atoms in total. The van der Waals surface area contributed by atoms with Crippen LogP contribution in [-0.4, -0.2) is 35.6 Å². The van der Waals surface area contributed by atoms with Gasteiger partial charge in [-0.15, -0.1) is 0 Å². The first-order valence-electron chi connectivity index (χ1n) is 7.30. The highest BCUT2D eigenvalue weighted by Crippen LogP contribution is 2.24. The lowest BCUT2D eigenvalue weighted by Crippen LogP contribution is -2.35. The smallest absolute Gasteiger partial charge is 0.255 e. The van der Waals surface area contributed by atoms with Crippen LogP contribution in [0, 0.1) is 17.7 Å². The fraction of sp³-hybridized carbons (Fsp3) is 0.471. The number of carbonyl (C=O) groups excluding carboxylic acids is 1. The zero-order valence-corrected chi connectivity index (χ0v) is 12.2. The molecule has 112 valence electrons. The lowest BCUT2D eigenvalue weighted by Gasteiger charge is -2.24. The van der Waals surface area contributed by atoms with Crippen molar-refractivity contribution >= 4 is 5.91 Å². The molecule has 1 aliphatic carbocycles. The van der Waals surface area contributed by atoms with Gasteiger partial charge in [-0.3, -0.25) is 4.79 Å². The van der Waals surface area contributed by atoms with Gasteiger partial charge in [0.25, 0.3) is 5.91 Å². The van der Waals surface area contributed by atoms with Gasteiger partial charge < -0.3 is 10.0 Å². The molecule has 1 aliphatic rings. The van der Waals surface area contributed by atoms with Crippen LogP contribution in [0.3, 0.4) is 0 Å². The number of hydrogen-bond acceptors (Lipinski definition) is 2. The predicted molar refractivity (Wildman–Crippen MR) is 79.3 cm³/mol. The lowest BCUT2D eigenvalue weighted by atomic mass is 10.0. The maximum Gasteiger partial charge on any atom is 0.255 e. The van der Waals surface area contributed by atoms with E-state index in [0.29, 0.717) is 17.5 Å². The third-order valence-corrected chi connectivity index (χ3v) is 3.86. The number of carbonyl (C=O) groups is 1. The number of hydrogen-bond donors (Lipinski definition) is 1. The van der Waals surface area contributed by atoms with Crippen LogP contribution in [0.25, 0.3) is 0 Å². The zero-order chi connectivity index (χ0) is 15.2. The van der Waals surface area contributed by atoms with Crippen molar-refractivity contribution in [2.24, 2.45) is 0 Å². The average Bonchev–Trinajstić information content (AvgIpc) is 3.00. The molecular weight excluding hydrogens is 269 g/mol. The second-order valence-corrected chi connectivity index (χ2v) is 5.32. The normalized spacial score (nSPS) is 14.6. The summed E-state index contributed by atoms with van der Waals surface area (Å²) in [4.78, 5) is 14.3. The lowest BCUT2D eigenvalue weighted by molar-refractivity contribution is 0.0735. The zero-order valence-electron chi connectivity index (χ0n) is 12.2. The number of rotatable bonds is 3. The molecule has 0 spiro atoms. The van der Waals surface area contributed by atoms with Gasteiger partial charge in [0.05, 0.1) is 12.2 Å². The van der Waals surface area contributed by atoms with E-state index in [1.807, 2.05) is 0 Å². The molecule has 4 heteroatoms. The quantitative estimate of drug-likeness (QED) is 0.869. The summed E-state index contributed by atoms with van der Waals surface area (Å²) in [6.45, 7) is -0.0480. The summed E-state index contributed by atoms with van der Waals surface area (Å²) in [6.07, 6.45) is 4.65. The Bertz CT molecular complexity index is 568. The van der Waals surface area contributed by atoms with Crippen LogP contribution in [0.15, 0.2) is 18.2 Å². The van der Waals surface area contributed by atoms with Crippen LogP contribution in [0.5, 0.6) is 0 Å². The number of amides is 1. The standard InChI is InChI=1S/C17H20FNO2/c1-19(15-7-2-3-8-15)17(21)16-10-9-14(18)12-13(16)6-4-5-11-20/h9-10,12,15,20H,2-3,5,7-8,11H2,1H3. The van der Waals surface area contributed by atoms with E-state index in [4.69, 9.17) is 5.11 Å². The van der Waals surface area contributed by atoms with Gasteiger partial charge in [0, 0.05) is 25.1 Å². The van der Waals surface area contributed by atoms with Crippen molar-refractivity contribution in [3.05, 3.63) is 35.1 Å². The Hall–Kier alpha value is -1.86. The molecule has 1 aromatic carbocycles. The molecule has 1 fully saturated rings. The van der Waals surface area contributed by atoms with E-state index in [-0.39, 0.29) is 18.6 Å². The van der Waals surface area contributed by atoms with Gasteiger partial charge in [0.15, 0.2) is 0 Å². The fourth-order valence-corrected chi connectivity index (χ4v) is 2.67. The topological polar surface area (TPSA) is 40.5 Å². The Kier molecular flexibility index (Phi) is 5.35. The Morgan fingerprint density at radius 3 is 2.81 bits per heavy atom. The predicted octanol–water partition coefficient (Wildman–Crippen LogP) is 2.57. The van der Waals surface area contributed by atoms with Gasteiger partial charge in [-0.25, -0.2) is 4.39 Å². The number of nitrogens with zero attached hydrogens (tertiary/aromatic N) is 1. The van der Waals surface area contributed by atoms with Gasteiger partial charge in [0.2, 0.25) is 0 Å². The molecule has 0 aromatic heterocycles. The van der Waals surface area contributed by atoms with Gasteiger partial charge in [-0.1, -0.05) is 24.7 Å². The highest BCUT2D eigenvalue weighted by molar-refractivity contribution is 5.96. The summed E-state index contributed by atoms with van der Waals surface area (Å²) in [6, 6.07) is 4.32. The van der Waals surface area contributed by atoms with Gasteiger partial charge in [-0.05, 0) is 31.0 Å². The molecule has 1 saturated carbocycles. The van der Waals surface area contributed by atoms with E-state index in [2.05, 4.69) is 11.8 Å². The Balaban J connectivity index is 2.25. The van der Waals surface area contributed by atoms with Crippen LogP contribution >= 0.6 is 0 Å². The summed E-state index contributed by atoms with van der Waals surface area (Å²) in [5.41, 5.74) is 0.814. The third kappa shape index (κ3) is 3.83. The highest BCUT2D eigenvalue weighted by Gasteiger charge is 2.25. The van der Waals surface area contributed by atoms with Crippen molar-refractivity contribution in [1.29, 1.82) is 0 Å². The Labute approximate surface area is 124 Å². The van der Waals surface area contributed by atoms with Gasteiger partial charge >= 0.3 is 0 Å². The minimum atomic E-state index is -0.414. The largest absolute Gasteiger partial charge is 0.395 e. The van der Waals surface area contributed by atoms with E-state index in [0.717, 1.165) is 25.7 Å². The second-order valence-electron chi connectivity index (χ2n) is 5.32. The second kappa shape index (κ2) is 7.24. The molecule has 1 amide bonds. The molecule has 1 N–H and O–H groups in total. The molecular formula is C17H20FNO2. The van der Waals surface area contributed by atoms with E-state index in [1.165, 1.54) is 18.2 Å². The average molecular weight is 289 g/mol. The SMILES string of the molecule is CN(C(=O)c1ccc(F)cc1C#CCCO)C1CCCC1. The molecule has 0 unspecified atom stereocenters. The molecule has 0 aliphatic heterocycles. The van der Waals surface area contributed by atoms with Crippen molar-refractivity contribution in [1.82, 2.24) is 4.90 Å². The van der Waals surface area contributed by atoms with E-state index >= 15 is 0 Å². The van der Waals surface area contributed by atoms with Crippen molar-refractivity contribution < 1.29 is 14.3 Å². The first kappa shape index (κ1) is 15.5. The number of benzene rings is 1. The summed E-state index contributed by atoms with van der Waals surface area (Å²) < 4.78 is 13.4. The Morgan fingerprint density at radius 2 is 2.14 bits per heavy atom. The summed E-state index contributed by atoms with van der Waals surface area (Å²) in [5.74, 6) is 5.00. The number of aliphatic hydroxyl groups excluding tert-OH is 1. The molecule has 2 rings (SSSR count). The first-order chi connectivity index (χ1) is 10.1. The summed E-state index contributed by atoms with van der Waals surface area (Å²) >= 11 is 0. The van der Waals surface area contributed by atoms with Crippen LogP contribution in [0.2, 0.25) is 0 Å². The molecule has 0 atom stereocenters. The van der Waals surface area contributed by atoms with Crippen molar-refractivity contribution in [2.45, 2.75) is 38.1 Å². The van der Waals surface area contributed by atoms with E-state index in [9.17, 15) is 9.18 Å². The van der Waals surface area contributed by atoms with Crippen LogP contribution in [-0.2, 0) is 0 Å². The molecule has 0 radical (unpaired) electrons.